The van der Waals surface area contributed by atoms with Gasteiger partial charge in [0.2, 0.25) is 0 Å². The van der Waals surface area contributed by atoms with Gasteiger partial charge in [0.15, 0.2) is 12.3 Å². The third kappa shape index (κ3) is 4.29. The van der Waals surface area contributed by atoms with Crippen molar-refractivity contribution in [2.75, 3.05) is 11.9 Å². The van der Waals surface area contributed by atoms with Crippen molar-refractivity contribution in [3.05, 3.63) is 52.2 Å². The summed E-state index contributed by atoms with van der Waals surface area (Å²) in [6, 6.07) is 11.0. The molecular weight excluding hydrogens is 272 g/mol. The van der Waals surface area contributed by atoms with Gasteiger partial charge in [-0.2, -0.15) is 0 Å². The van der Waals surface area contributed by atoms with E-state index in [4.69, 9.17) is 0 Å². The Labute approximate surface area is 121 Å². The number of thiophene rings is 1. The molecule has 1 heterocycles. The van der Waals surface area contributed by atoms with Crippen LogP contribution in [0.3, 0.4) is 0 Å². The number of nitrogens with two attached hydrogens (primary N) is 1. The third-order valence-corrected chi connectivity index (χ3v) is 3.73. The van der Waals surface area contributed by atoms with E-state index >= 15 is 0 Å². The number of hydrogen-bond donors (Lipinski definition) is 2. The zero-order valence-electron chi connectivity index (χ0n) is 11.3. The number of carbonyl (C=O) groups excluding carboxylic acids is 2. The minimum Gasteiger partial charge on any atom is -0.334 e. The second-order valence-electron chi connectivity index (χ2n) is 4.46. The van der Waals surface area contributed by atoms with Gasteiger partial charge in [-0.05, 0) is 42.6 Å². The van der Waals surface area contributed by atoms with Gasteiger partial charge in [-0.15, -0.1) is 11.3 Å². The van der Waals surface area contributed by atoms with Crippen molar-refractivity contribution in [1.29, 1.82) is 0 Å². The number of rotatable bonds is 6. The lowest BCUT2D eigenvalue weighted by Gasteiger charge is -2.05. The quantitative estimate of drug-likeness (QED) is 0.794. The fourth-order valence-corrected chi connectivity index (χ4v) is 2.48. The van der Waals surface area contributed by atoms with Gasteiger partial charge >= 0.3 is 0 Å². The molecule has 5 heteroatoms. The van der Waals surface area contributed by atoms with Gasteiger partial charge in [-0.1, -0.05) is 6.07 Å². The minimum atomic E-state index is -0.0443. The van der Waals surface area contributed by atoms with Gasteiger partial charge < -0.3 is 10.6 Å². The monoisotopic (exact) mass is 289 g/mol. The molecule has 0 aliphatic heterocycles. The summed E-state index contributed by atoms with van der Waals surface area (Å²) in [6.07, 6.45) is 0. The highest BCUT2D eigenvalue weighted by Crippen LogP contribution is 2.09. The van der Waals surface area contributed by atoms with E-state index in [9.17, 15) is 9.59 Å². The molecule has 0 radical (unpaired) electrons. The Balaban J connectivity index is 1.77. The van der Waals surface area contributed by atoms with Gasteiger partial charge in [0, 0.05) is 11.3 Å². The van der Waals surface area contributed by atoms with E-state index in [0.29, 0.717) is 17.8 Å². The lowest BCUT2D eigenvalue weighted by atomic mass is 10.1. The first-order valence-corrected chi connectivity index (χ1v) is 7.28. The molecule has 2 rings (SSSR count). The van der Waals surface area contributed by atoms with Crippen LogP contribution >= 0.6 is 11.3 Å². The molecule has 0 aliphatic rings. The summed E-state index contributed by atoms with van der Waals surface area (Å²) >= 11 is 1.69. The van der Waals surface area contributed by atoms with Crippen LogP contribution in [0.15, 0.2) is 41.8 Å². The summed E-state index contributed by atoms with van der Waals surface area (Å²) in [5, 5.41) is 6.80. The summed E-state index contributed by atoms with van der Waals surface area (Å²) < 4.78 is 0. The summed E-state index contributed by atoms with van der Waals surface area (Å²) in [7, 11) is 0. The average Bonchev–Trinajstić information content (AvgIpc) is 2.92. The molecule has 1 aromatic heterocycles. The van der Waals surface area contributed by atoms with Crippen LogP contribution in [0.25, 0.3) is 0 Å². The summed E-state index contributed by atoms with van der Waals surface area (Å²) in [5.74, 6) is -0.0238. The van der Waals surface area contributed by atoms with Crippen molar-refractivity contribution in [2.24, 2.45) is 0 Å². The maximum Gasteiger partial charge on any atom is 0.279 e. The number of anilines is 1. The molecule has 0 spiro atoms. The number of benzene rings is 1. The molecule has 0 saturated carbocycles. The maximum absolute atomic E-state index is 11.8. The fourth-order valence-electron chi connectivity index (χ4n) is 1.77. The van der Waals surface area contributed by atoms with Crippen molar-refractivity contribution in [1.82, 2.24) is 0 Å². The number of amides is 1. The normalized spacial score (nSPS) is 10.2. The molecular formula is C15H17N2O2S+. The lowest BCUT2D eigenvalue weighted by Crippen LogP contribution is -2.84. The molecule has 0 unspecified atom stereocenters. The number of Topliss-reactive ketones (excluding diaryl/α,β-unsaturated/α-hetero) is 1. The van der Waals surface area contributed by atoms with E-state index in [1.165, 1.54) is 11.8 Å². The van der Waals surface area contributed by atoms with Gasteiger partial charge in [0.25, 0.3) is 5.91 Å². The van der Waals surface area contributed by atoms with E-state index in [2.05, 4.69) is 11.4 Å². The van der Waals surface area contributed by atoms with Crippen LogP contribution in [0.4, 0.5) is 5.69 Å². The summed E-state index contributed by atoms with van der Waals surface area (Å²) in [5.41, 5.74) is 1.36. The molecule has 0 atom stereocenters. The first-order valence-electron chi connectivity index (χ1n) is 6.40. The smallest absolute Gasteiger partial charge is 0.279 e. The zero-order chi connectivity index (χ0) is 14.4. The molecule has 1 amide bonds. The maximum atomic E-state index is 11.8. The molecule has 20 heavy (non-hydrogen) atoms. The Morgan fingerprint density at radius 1 is 1.20 bits per heavy atom. The summed E-state index contributed by atoms with van der Waals surface area (Å²) in [4.78, 5) is 24.1. The van der Waals surface area contributed by atoms with E-state index in [1.54, 1.807) is 35.6 Å². The van der Waals surface area contributed by atoms with Gasteiger partial charge in [-0.3, -0.25) is 9.59 Å². The van der Waals surface area contributed by atoms with Crippen molar-refractivity contribution in [2.45, 2.75) is 13.5 Å². The zero-order valence-corrected chi connectivity index (χ0v) is 12.1. The fraction of sp³-hybridized carbons (Fsp3) is 0.200. The molecule has 0 aliphatic carbocycles. The van der Waals surface area contributed by atoms with Gasteiger partial charge in [0.05, 0.1) is 4.88 Å². The number of carbonyl (C=O) groups is 2. The predicted octanol–water partition coefficient (Wildman–Crippen LogP) is 1.65. The van der Waals surface area contributed by atoms with E-state index in [1.807, 2.05) is 16.8 Å². The molecule has 0 bridgehead atoms. The number of quaternary nitrogens is 1. The Morgan fingerprint density at radius 2 is 1.95 bits per heavy atom. The first-order chi connectivity index (χ1) is 9.65. The van der Waals surface area contributed by atoms with Crippen molar-refractivity contribution in [3.63, 3.8) is 0 Å². The highest BCUT2D eigenvalue weighted by Gasteiger charge is 2.06. The minimum absolute atomic E-state index is 0.0205. The topological polar surface area (TPSA) is 62.8 Å². The number of nitrogens with one attached hydrogen (secondary N) is 1. The standard InChI is InChI=1S/C15H16N2O2S/c1-11(18)12-4-6-13(7-5-12)17-15(19)10-16-9-14-3-2-8-20-14/h2-8,16H,9-10H2,1H3,(H,17,19)/p+1. The van der Waals surface area contributed by atoms with Gasteiger partial charge in [-0.25, -0.2) is 0 Å². The average molecular weight is 289 g/mol. The van der Waals surface area contributed by atoms with E-state index < -0.39 is 0 Å². The van der Waals surface area contributed by atoms with Gasteiger partial charge in [0.1, 0.15) is 6.54 Å². The second kappa shape index (κ2) is 6.98. The van der Waals surface area contributed by atoms with Crippen LogP contribution in [0.2, 0.25) is 0 Å². The van der Waals surface area contributed by atoms with Crippen molar-refractivity contribution in [3.8, 4) is 0 Å². The van der Waals surface area contributed by atoms with Crippen molar-refractivity contribution >= 4 is 28.7 Å². The van der Waals surface area contributed by atoms with E-state index in [-0.39, 0.29) is 11.7 Å². The van der Waals surface area contributed by atoms with Crippen LogP contribution in [0, 0.1) is 0 Å². The molecule has 4 nitrogen and oxygen atoms in total. The highest BCUT2D eigenvalue weighted by molar-refractivity contribution is 7.09. The largest absolute Gasteiger partial charge is 0.334 e. The van der Waals surface area contributed by atoms with Crippen LogP contribution in [-0.2, 0) is 11.3 Å². The van der Waals surface area contributed by atoms with Crippen LogP contribution in [0.1, 0.15) is 22.2 Å². The highest BCUT2D eigenvalue weighted by atomic mass is 32.1. The number of ketones is 1. The molecule has 0 saturated heterocycles. The van der Waals surface area contributed by atoms with E-state index in [0.717, 1.165) is 6.54 Å². The predicted molar refractivity (Wildman–Crippen MR) is 79.9 cm³/mol. The molecule has 2 aromatic rings. The summed E-state index contributed by atoms with van der Waals surface area (Å²) in [6.45, 7) is 2.72. The first kappa shape index (κ1) is 14.4. The Kier molecular flexibility index (Phi) is 5.03. The molecule has 0 fully saturated rings. The Bertz CT molecular complexity index is 576. The SMILES string of the molecule is CC(=O)c1ccc(NC(=O)C[NH2+]Cc2cccs2)cc1. The third-order valence-electron chi connectivity index (χ3n) is 2.83. The molecule has 1 aromatic carbocycles. The Morgan fingerprint density at radius 3 is 2.55 bits per heavy atom. The van der Waals surface area contributed by atoms with Crippen LogP contribution in [-0.4, -0.2) is 18.2 Å². The number of hydrogen-bond acceptors (Lipinski definition) is 3. The lowest BCUT2D eigenvalue weighted by molar-refractivity contribution is -0.659. The second-order valence-corrected chi connectivity index (χ2v) is 5.49. The molecule has 104 valence electrons. The molecule has 3 N–H and O–H groups in total. The Hall–Kier alpha value is -1.98. The van der Waals surface area contributed by atoms with Crippen LogP contribution < -0.4 is 10.6 Å². The van der Waals surface area contributed by atoms with Crippen LogP contribution in [0.5, 0.6) is 0 Å². The van der Waals surface area contributed by atoms with Crippen molar-refractivity contribution < 1.29 is 14.9 Å².